The minimum atomic E-state index is -1.03. The standard InChI is InChI=1S/C49H69N11O8/c1-3-35-46(51-32-19-27-68-28-20-32)56-47(44(54-35)45(50)64)52-33-13-14-37(39(29-33)67-2)58-21-17-34(18-22-58)57-23-25-59(26-24-57)42(63)12-7-5-4-6-11-40(61)53-36-10-8-9-31-30-60(49(66)43(31)36)38-15-16-41(62)55-48(38)65/h8-10,13-14,29,32,34,38,41,48,55,62,65H,3-7,11-12,15-28,30H2,1-2H3,(H2,50,64)(H,53,61)(H2,51,52,56). The molecule has 0 spiro atoms. The van der Waals surface area contributed by atoms with Crippen LogP contribution in [0.2, 0.25) is 0 Å². The molecule has 3 unspecified atom stereocenters. The number of hydrogen-bond acceptors (Lipinski definition) is 15. The summed E-state index contributed by atoms with van der Waals surface area (Å²) in [6.07, 6.45) is 7.36. The highest BCUT2D eigenvalue weighted by molar-refractivity contribution is 6.07. The maximum Gasteiger partial charge on any atom is 0.271 e. The van der Waals surface area contributed by atoms with Crippen molar-refractivity contribution in [2.75, 3.05) is 80.4 Å². The maximum atomic E-state index is 13.4. The highest BCUT2D eigenvalue weighted by Gasteiger charge is 2.40. The van der Waals surface area contributed by atoms with Gasteiger partial charge in [0.2, 0.25) is 11.8 Å². The van der Waals surface area contributed by atoms with Crippen LogP contribution >= 0.6 is 0 Å². The largest absolute Gasteiger partial charge is 0.495 e. The van der Waals surface area contributed by atoms with Crippen molar-refractivity contribution in [3.63, 3.8) is 0 Å². The first-order chi connectivity index (χ1) is 33.0. The lowest BCUT2D eigenvalue weighted by Gasteiger charge is -2.43. The van der Waals surface area contributed by atoms with E-state index in [9.17, 15) is 29.4 Å². The molecule has 0 aliphatic carbocycles. The fourth-order valence-corrected chi connectivity index (χ4v) is 10.3. The van der Waals surface area contributed by atoms with Crippen LogP contribution in [0.15, 0.2) is 36.4 Å². The Balaban J connectivity index is 0.735. The number of aryl methyl sites for hydroxylation is 1. The van der Waals surface area contributed by atoms with Crippen molar-refractivity contribution in [3.8, 4) is 5.75 Å². The Morgan fingerprint density at radius 1 is 0.897 bits per heavy atom. The first-order valence-electron chi connectivity index (χ1n) is 24.6. The zero-order chi connectivity index (χ0) is 47.7. The third kappa shape index (κ3) is 11.6. The summed E-state index contributed by atoms with van der Waals surface area (Å²) in [5.41, 5.74) is 9.99. The van der Waals surface area contributed by atoms with Gasteiger partial charge in [-0.25, -0.2) is 9.97 Å². The van der Waals surface area contributed by atoms with E-state index in [-0.39, 0.29) is 35.3 Å². The summed E-state index contributed by atoms with van der Waals surface area (Å²) < 4.78 is 11.4. The molecule has 3 atom stereocenters. The summed E-state index contributed by atoms with van der Waals surface area (Å²) in [7, 11) is 1.66. The highest BCUT2D eigenvalue weighted by Crippen LogP contribution is 2.36. The second kappa shape index (κ2) is 22.7. The first kappa shape index (κ1) is 48.8. The molecule has 0 bridgehead atoms. The zero-order valence-corrected chi connectivity index (χ0v) is 39.5. The summed E-state index contributed by atoms with van der Waals surface area (Å²) in [6.45, 7) is 8.59. The summed E-state index contributed by atoms with van der Waals surface area (Å²) >= 11 is 0. The lowest BCUT2D eigenvalue weighted by Crippen LogP contribution is -2.56. The smallest absolute Gasteiger partial charge is 0.271 e. The molecule has 3 aromatic rings. The molecule has 0 saturated carbocycles. The Hall–Kier alpha value is -5.60. The van der Waals surface area contributed by atoms with Gasteiger partial charge in [0.15, 0.2) is 17.3 Å². The average molecular weight is 940 g/mol. The number of ether oxygens (including phenoxy) is 2. The van der Waals surface area contributed by atoms with Gasteiger partial charge in [-0.1, -0.05) is 31.9 Å². The second-order valence-corrected chi connectivity index (χ2v) is 18.6. The number of nitrogens with one attached hydrogen (secondary N) is 4. The Bertz CT molecular complexity index is 2260. The quantitative estimate of drug-likeness (QED) is 0.0895. The number of benzene rings is 2. The van der Waals surface area contributed by atoms with Gasteiger partial charge in [-0.05, 0) is 81.5 Å². The van der Waals surface area contributed by atoms with Crippen molar-refractivity contribution < 1.29 is 38.9 Å². The normalized spacial score (nSPS) is 21.7. The molecule has 4 amide bonds. The van der Waals surface area contributed by atoms with Gasteiger partial charge < -0.3 is 56.1 Å². The van der Waals surface area contributed by atoms with E-state index in [0.717, 1.165) is 95.5 Å². The van der Waals surface area contributed by atoms with Gasteiger partial charge in [0, 0.05) is 95.7 Å². The van der Waals surface area contributed by atoms with Crippen LogP contribution in [0.25, 0.3) is 0 Å². The number of nitrogens with zero attached hydrogens (tertiary/aromatic N) is 6. The number of anilines is 5. The number of piperidine rings is 2. The van der Waals surface area contributed by atoms with Crippen molar-refractivity contribution in [2.24, 2.45) is 5.73 Å². The average Bonchev–Trinajstić information content (AvgIpc) is 3.69. The molecule has 68 heavy (non-hydrogen) atoms. The molecule has 2 aromatic carbocycles. The fourth-order valence-electron chi connectivity index (χ4n) is 10.3. The number of aromatic nitrogens is 2. The number of hydrogen-bond donors (Lipinski definition) is 7. The predicted molar refractivity (Wildman–Crippen MR) is 258 cm³/mol. The van der Waals surface area contributed by atoms with E-state index in [4.69, 9.17) is 20.2 Å². The van der Waals surface area contributed by atoms with Crippen molar-refractivity contribution in [2.45, 2.75) is 128 Å². The van der Waals surface area contributed by atoms with E-state index in [0.29, 0.717) is 98.5 Å². The number of aliphatic hydroxyl groups excluding tert-OH is 2. The summed E-state index contributed by atoms with van der Waals surface area (Å²) in [5.74, 6) is 0.780. The number of aliphatic hydroxyl groups is 2. The number of methoxy groups -OCH3 is 1. The Morgan fingerprint density at radius 3 is 2.35 bits per heavy atom. The van der Waals surface area contributed by atoms with Gasteiger partial charge in [-0.15, -0.1) is 0 Å². The van der Waals surface area contributed by atoms with Crippen LogP contribution < -0.4 is 36.6 Å². The van der Waals surface area contributed by atoms with Crippen molar-refractivity contribution >= 4 is 52.3 Å². The molecule has 6 heterocycles. The molecule has 5 aliphatic heterocycles. The molecule has 0 radical (unpaired) electrons. The number of fused-ring (bicyclic) bond motifs is 1. The van der Waals surface area contributed by atoms with E-state index in [1.54, 1.807) is 18.1 Å². The number of primary amides is 1. The van der Waals surface area contributed by atoms with Gasteiger partial charge >= 0.3 is 0 Å². The summed E-state index contributed by atoms with van der Waals surface area (Å²) in [6, 6.07) is 11.5. The van der Waals surface area contributed by atoms with Crippen LogP contribution in [0.1, 0.15) is 116 Å². The number of piperazine rings is 1. The fraction of sp³-hybridized carbons (Fsp3) is 0.592. The van der Waals surface area contributed by atoms with Crippen molar-refractivity contribution in [1.82, 2.24) is 30.0 Å². The van der Waals surface area contributed by atoms with Gasteiger partial charge in [0.1, 0.15) is 18.2 Å². The second-order valence-electron chi connectivity index (χ2n) is 18.6. The molecule has 8 N–H and O–H groups in total. The van der Waals surface area contributed by atoms with E-state index < -0.39 is 24.4 Å². The minimum Gasteiger partial charge on any atom is -0.495 e. The van der Waals surface area contributed by atoms with Crippen LogP contribution in [0, 0.1) is 0 Å². The Kier molecular flexibility index (Phi) is 16.3. The molecule has 5 aliphatic rings. The third-order valence-electron chi connectivity index (χ3n) is 14.2. The summed E-state index contributed by atoms with van der Waals surface area (Å²) in [5, 5.41) is 32.7. The zero-order valence-electron chi connectivity index (χ0n) is 39.5. The molecular weight excluding hydrogens is 871 g/mol. The van der Waals surface area contributed by atoms with E-state index in [2.05, 4.69) is 36.1 Å². The van der Waals surface area contributed by atoms with E-state index >= 15 is 0 Å². The molecular formula is C49H69N11O8. The maximum absolute atomic E-state index is 13.4. The van der Waals surface area contributed by atoms with Gasteiger partial charge in [-0.3, -0.25) is 29.4 Å². The molecule has 4 saturated heterocycles. The van der Waals surface area contributed by atoms with E-state index in [1.807, 2.05) is 42.2 Å². The van der Waals surface area contributed by atoms with Crippen LogP contribution in [-0.4, -0.2) is 149 Å². The SMILES string of the molecule is CCc1nc(C(N)=O)c(Nc2ccc(N3CCC(N4CCN(C(=O)CCCCCCC(=O)Nc5cccc6c5C(=O)N(C5CCC(O)NC5O)C6)CC4)CC3)c(OC)c2)nc1NC1CCOCC1. The lowest BCUT2D eigenvalue weighted by molar-refractivity contribution is -0.133. The number of carbonyl (C=O) groups excluding carboxylic acids is 4. The Morgan fingerprint density at radius 2 is 1.65 bits per heavy atom. The monoisotopic (exact) mass is 940 g/mol. The van der Waals surface area contributed by atoms with E-state index in [1.165, 1.54) is 0 Å². The molecule has 8 rings (SSSR count). The minimum absolute atomic E-state index is 0.0867. The first-order valence-corrected chi connectivity index (χ1v) is 24.6. The van der Waals surface area contributed by atoms with Gasteiger partial charge in [-0.2, -0.15) is 0 Å². The number of rotatable bonds is 18. The van der Waals surface area contributed by atoms with Crippen molar-refractivity contribution in [3.05, 3.63) is 58.9 Å². The van der Waals surface area contributed by atoms with Crippen LogP contribution in [0.4, 0.5) is 28.7 Å². The number of unbranched alkanes of at least 4 members (excludes halogenated alkanes) is 3. The lowest BCUT2D eigenvalue weighted by atomic mass is 10.0. The molecule has 4 fully saturated rings. The number of nitrogens with two attached hydrogens (primary N) is 1. The van der Waals surface area contributed by atoms with Gasteiger partial charge in [0.25, 0.3) is 11.8 Å². The highest BCUT2D eigenvalue weighted by atomic mass is 16.5. The van der Waals surface area contributed by atoms with Crippen molar-refractivity contribution in [1.29, 1.82) is 0 Å². The third-order valence-corrected chi connectivity index (χ3v) is 14.2. The molecule has 19 heteroatoms. The number of amides is 4. The van der Waals surface area contributed by atoms with Crippen LogP contribution in [-0.2, 0) is 27.3 Å². The molecule has 368 valence electrons. The van der Waals surface area contributed by atoms with Crippen LogP contribution in [0.3, 0.4) is 0 Å². The predicted octanol–water partition coefficient (Wildman–Crippen LogP) is 3.92. The molecule has 1 aromatic heterocycles. The topological polar surface area (TPSA) is 240 Å². The Labute approximate surface area is 398 Å². The number of carbonyl (C=O) groups is 4. The van der Waals surface area contributed by atoms with Crippen LogP contribution in [0.5, 0.6) is 5.75 Å². The van der Waals surface area contributed by atoms with Gasteiger partial charge in [0.05, 0.1) is 35.8 Å². The molecule has 19 nitrogen and oxygen atoms in total. The summed E-state index contributed by atoms with van der Waals surface area (Å²) in [4.78, 5) is 70.0.